The van der Waals surface area contributed by atoms with E-state index >= 15 is 0 Å². The first-order valence-corrected chi connectivity index (χ1v) is 11.1. The van der Waals surface area contributed by atoms with E-state index in [1.807, 2.05) is 19.1 Å². The largest absolute Gasteiger partial charge is 0.467 e. The van der Waals surface area contributed by atoms with Crippen LogP contribution in [0.1, 0.15) is 51.7 Å². The molecule has 2 rings (SSSR count). The summed E-state index contributed by atoms with van der Waals surface area (Å²) >= 11 is 0. The van der Waals surface area contributed by atoms with Gasteiger partial charge in [-0.05, 0) is 44.7 Å². The molecule has 1 aromatic rings. The number of aliphatic imine (C=N–C) groups is 1. The first-order valence-electron chi connectivity index (χ1n) is 9.75. The Morgan fingerprint density at radius 1 is 1.41 bits per heavy atom. The van der Waals surface area contributed by atoms with E-state index in [1.54, 1.807) is 6.26 Å². The lowest BCUT2D eigenvalue weighted by molar-refractivity contribution is 0.105. The first kappa shape index (κ1) is 24.4. The van der Waals surface area contributed by atoms with E-state index in [0.29, 0.717) is 31.1 Å². The third kappa shape index (κ3) is 9.43. The van der Waals surface area contributed by atoms with Crippen molar-refractivity contribution in [1.82, 2.24) is 10.6 Å². The summed E-state index contributed by atoms with van der Waals surface area (Å²) in [4.78, 5) is 4.65. The monoisotopic (exact) mass is 511 g/mol. The Hall–Kier alpha value is -0.610. The van der Waals surface area contributed by atoms with Gasteiger partial charge in [0.2, 0.25) is 0 Å². The number of nitrogens with one attached hydrogen (secondary N) is 2. The van der Waals surface area contributed by atoms with Crippen LogP contribution < -0.4 is 10.6 Å². The average molecular weight is 511 g/mol. The van der Waals surface area contributed by atoms with Gasteiger partial charge >= 0.3 is 0 Å². The fourth-order valence-electron chi connectivity index (χ4n) is 3.19. The highest BCUT2D eigenvalue weighted by atomic mass is 127. The molecule has 1 fully saturated rings. The van der Waals surface area contributed by atoms with Crippen LogP contribution >= 0.6 is 24.0 Å². The predicted molar refractivity (Wildman–Crippen MR) is 122 cm³/mol. The molecule has 156 valence electrons. The maximum Gasteiger partial charge on any atom is 0.191 e. The van der Waals surface area contributed by atoms with Crippen molar-refractivity contribution in [2.24, 2.45) is 4.99 Å². The minimum atomic E-state index is -0.699. The van der Waals surface area contributed by atoms with Crippen LogP contribution in [0.15, 0.2) is 27.8 Å². The summed E-state index contributed by atoms with van der Waals surface area (Å²) < 4.78 is 22.9. The smallest absolute Gasteiger partial charge is 0.191 e. The molecule has 2 N–H and O–H groups in total. The SMILES string of the molecule is CCNC(=NCCCOCc1ccco1)NC1CCCC(S(=O)CC)C1.I. The number of ether oxygens (including phenoxy) is 1. The van der Waals surface area contributed by atoms with E-state index in [1.165, 1.54) is 0 Å². The molecule has 27 heavy (non-hydrogen) atoms. The summed E-state index contributed by atoms with van der Waals surface area (Å²) in [7, 11) is -0.699. The average Bonchev–Trinajstić information content (AvgIpc) is 3.17. The molecule has 8 heteroatoms. The van der Waals surface area contributed by atoms with E-state index in [4.69, 9.17) is 9.15 Å². The van der Waals surface area contributed by atoms with Crippen molar-refractivity contribution in [1.29, 1.82) is 0 Å². The molecule has 1 heterocycles. The molecule has 0 saturated heterocycles. The molecule has 3 unspecified atom stereocenters. The summed E-state index contributed by atoms with van der Waals surface area (Å²) in [6.07, 6.45) is 6.83. The zero-order valence-electron chi connectivity index (χ0n) is 16.4. The summed E-state index contributed by atoms with van der Waals surface area (Å²) in [6, 6.07) is 4.13. The second kappa shape index (κ2) is 14.4. The van der Waals surface area contributed by atoms with Crippen molar-refractivity contribution in [3.05, 3.63) is 24.2 Å². The highest BCUT2D eigenvalue weighted by molar-refractivity contribution is 14.0. The fourth-order valence-corrected chi connectivity index (χ4v) is 4.54. The van der Waals surface area contributed by atoms with Crippen molar-refractivity contribution in [2.75, 3.05) is 25.4 Å². The highest BCUT2D eigenvalue weighted by Crippen LogP contribution is 2.22. The van der Waals surface area contributed by atoms with Gasteiger partial charge in [-0.15, -0.1) is 24.0 Å². The summed E-state index contributed by atoms with van der Waals surface area (Å²) in [5, 5.41) is 7.16. The highest BCUT2D eigenvalue weighted by Gasteiger charge is 2.25. The Balaban J connectivity index is 0.00000364. The van der Waals surface area contributed by atoms with Gasteiger partial charge in [0.1, 0.15) is 12.4 Å². The zero-order valence-corrected chi connectivity index (χ0v) is 19.6. The Bertz CT molecular complexity index is 554. The van der Waals surface area contributed by atoms with Crippen molar-refractivity contribution in [2.45, 2.75) is 63.9 Å². The van der Waals surface area contributed by atoms with Crippen LogP contribution in [-0.2, 0) is 22.1 Å². The third-order valence-corrected chi connectivity index (χ3v) is 6.25. The molecule has 0 spiro atoms. The molecule has 1 aliphatic rings. The fraction of sp³-hybridized carbons (Fsp3) is 0.737. The van der Waals surface area contributed by atoms with Gasteiger partial charge < -0.3 is 19.8 Å². The number of rotatable bonds is 10. The topological polar surface area (TPSA) is 75.9 Å². The minimum absolute atomic E-state index is 0. The number of hydrogen-bond donors (Lipinski definition) is 2. The van der Waals surface area contributed by atoms with Crippen LogP contribution in [0.4, 0.5) is 0 Å². The Kier molecular flexibility index (Phi) is 13.0. The molecule has 0 aromatic carbocycles. The molecule has 1 aromatic heterocycles. The molecule has 0 radical (unpaired) electrons. The maximum absolute atomic E-state index is 12.1. The predicted octanol–water partition coefficient (Wildman–Crippen LogP) is 3.44. The lowest BCUT2D eigenvalue weighted by Crippen LogP contribution is -2.46. The molecular formula is C19H34IN3O3S. The number of furan rings is 1. The lowest BCUT2D eigenvalue weighted by atomic mass is 9.95. The van der Waals surface area contributed by atoms with E-state index in [9.17, 15) is 4.21 Å². The second-order valence-corrected chi connectivity index (χ2v) is 8.55. The summed E-state index contributed by atoms with van der Waals surface area (Å²) in [6.45, 7) is 6.78. The van der Waals surface area contributed by atoms with Gasteiger partial charge in [0.15, 0.2) is 5.96 Å². The van der Waals surface area contributed by atoms with E-state index < -0.39 is 10.8 Å². The van der Waals surface area contributed by atoms with Crippen LogP contribution in [0.5, 0.6) is 0 Å². The standard InChI is InChI=1S/C19H33N3O3S.HI/c1-3-20-19(21-11-7-12-24-15-17-9-6-13-25-17)22-16-8-5-10-18(14-16)26(23)4-2;/h6,9,13,16,18H,3-5,7-8,10-12,14-15H2,1-2H3,(H2,20,21,22);1H. The van der Waals surface area contributed by atoms with Crippen LogP contribution in [0.25, 0.3) is 0 Å². The van der Waals surface area contributed by atoms with Gasteiger partial charge in [-0.3, -0.25) is 9.20 Å². The molecule has 3 atom stereocenters. The molecule has 1 aliphatic carbocycles. The van der Waals surface area contributed by atoms with Crippen LogP contribution in [0.3, 0.4) is 0 Å². The number of hydrogen-bond acceptors (Lipinski definition) is 4. The maximum atomic E-state index is 12.1. The van der Waals surface area contributed by atoms with E-state index in [0.717, 1.165) is 56.1 Å². The minimum Gasteiger partial charge on any atom is -0.467 e. The van der Waals surface area contributed by atoms with Crippen molar-refractivity contribution in [3.8, 4) is 0 Å². The lowest BCUT2D eigenvalue weighted by Gasteiger charge is -2.30. The molecule has 0 amide bonds. The third-order valence-electron chi connectivity index (χ3n) is 4.51. The Morgan fingerprint density at radius 3 is 2.96 bits per heavy atom. The van der Waals surface area contributed by atoms with Gasteiger partial charge in [0.05, 0.1) is 6.26 Å². The van der Waals surface area contributed by atoms with Crippen molar-refractivity contribution >= 4 is 40.7 Å². The van der Waals surface area contributed by atoms with Gasteiger partial charge in [-0.25, -0.2) is 0 Å². The normalized spacial score (nSPS) is 21.3. The molecular weight excluding hydrogens is 477 g/mol. The number of nitrogens with zero attached hydrogens (tertiary/aromatic N) is 1. The van der Waals surface area contributed by atoms with E-state index in [2.05, 4.69) is 22.5 Å². The van der Waals surface area contributed by atoms with Gasteiger partial charge in [-0.1, -0.05) is 13.3 Å². The van der Waals surface area contributed by atoms with Crippen LogP contribution in [0, 0.1) is 0 Å². The molecule has 0 bridgehead atoms. The zero-order chi connectivity index (χ0) is 18.6. The first-order chi connectivity index (χ1) is 12.7. The number of halogens is 1. The summed E-state index contributed by atoms with van der Waals surface area (Å²) in [5.74, 6) is 2.45. The molecule has 1 saturated carbocycles. The molecule has 6 nitrogen and oxygen atoms in total. The van der Waals surface area contributed by atoms with Gasteiger partial charge in [0.25, 0.3) is 0 Å². The summed E-state index contributed by atoms with van der Waals surface area (Å²) in [5.41, 5.74) is 0. The van der Waals surface area contributed by atoms with Crippen molar-refractivity contribution in [3.63, 3.8) is 0 Å². The quantitative estimate of drug-likeness (QED) is 0.218. The second-order valence-electron chi connectivity index (χ2n) is 6.55. The van der Waals surface area contributed by atoms with Gasteiger partial charge in [-0.2, -0.15) is 0 Å². The Labute approximate surface area is 182 Å². The molecule has 0 aliphatic heterocycles. The Morgan fingerprint density at radius 2 is 2.26 bits per heavy atom. The van der Waals surface area contributed by atoms with Crippen LogP contribution in [0.2, 0.25) is 0 Å². The van der Waals surface area contributed by atoms with Crippen molar-refractivity contribution < 1.29 is 13.4 Å². The van der Waals surface area contributed by atoms with Crippen LogP contribution in [-0.4, -0.2) is 46.9 Å². The van der Waals surface area contributed by atoms with E-state index in [-0.39, 0.29) is 24.0 Å². The van der Waals surface area contributed by atoms with Gasteiger partial charge in [0, 0.05) is 47.5 Å². The number of guanidine groups is 1.